The van der Waals surface area contributed by atoms with Gasteiger partial charge in [0.05, 0.1) is 6.10 Å². The second kappa shape index (κ2) is 4.55. The molecule has 0 atom stereocenters. The molecule has 0 aromatic heterocycles. The Kier molecular flexibility index (Phi) is 6.29. The van der Waals surface area contributed by atoms with Crippen LogP contribution in [0.3, 0.4) is 0 Å². The van der Waals surface area contributed by atoms with Gasteiger partial charge in [-0.1, -0.05) is 0 Å². The molecule has 6 heteroatoms. The minimum atomic E-state index is -4.22. The fourth-order valence-corrected chi connectivity index (χ4v) is 0.730. The first-order valence-corrected chi connectivity index (χ1v) is 3.44. The SMILES string of the molecule is CC(C)OS(=O)(=O)O.[Zr]. The molecule has 9 heavy (non-hydrogen) atoms. The molecule has 0 aromatic carbocycles. The van der Waals surface area contributed by atoms with Crippen LogP contribution in [0.15, 0.2) is 0 Å². The van der Waals surface area contributed by atoms with E-state index in [-0.39, 0.29) is 26.2 Å². The molecule has 0 aliphatic heterocycles. The van der Waals surface area contributed by atoms with Crippen molar-refractivity contribution in [1.29, 1.82) is 0 Å². The minimum Gasteiger partial charge on any atom is -0.264 e. The predicted octanol–water partition coefficient (Wildman–Crippen LogP) is 0.212. The van der Waals surface area contributed by atoms with E-state index >= 15 is 0 Å². The molecule has 0 bridgehead atoms. The van der Waals surface area contributed by atoms with Crippen LogP contribution in [0, 0.1) is 0 Å². The summed E-state index contributed by atoms with van der Waals surface area (Å²) in [6.45, 7) is 3.02. The van der Waals surface area contributed by atoms with Crippen molar-refractivity contribution in [3.05, 3.63) is 0 Å². The van der Waals surface area contributed by atoms with Gasteiger partial charge >= 0.3 is 10.4 Å². The molecule has 0 rings (SSSR count). The molecule has 0 unspecified atom stereocenters. The molecule has 54 valence electrons. The van der Waals surface area contributed by atoms with E-state index in [2.05, 4.69) is 4.18 Å². The third-order valence-electron chi connectivity index (χ3n) is 0.314. The van der Waals surface area contributed by atoms with Crippen LogP contribution in [-0.2, 0) is 40.8 Å². The van der Waals surface area contributed by atoms with Crippen molar-refractivity contribution in [1.82, 2.24) is 0 Å². The molecule has 0 heterocycles. The Morgan fingerprint density at radius 1 is 1.44 bits per heavy atom. The Hall–Kier alpha value is 0.753. The molecule has 0 aliphatic rings. The summed E-state index contributed by atoms with van der Waals surface area (Å²) in [5, 5.41) is 0. The van der Waals surface area contributed by atoms with Gasteiger partial charge < -0.3 is 0 Å². The van der Waals surface area contributed by atoms with E-state index in [9.17, 15) is 8.42 Å². The molecular formula is C3H8O4SZr. The molecule has 0 aliphatic carbocycles. The van der Waals surface area contributed by atoms with Crippen LogP contribution in [0.4, 0.5) is 0 Å². The van der Waals surface area contributed by atoms with Crippen LogP contribution in [0.25, 0.3) is 0 Å². The van der Waals surface area contributed by atoms with E-state index in [1.165, 1.54) is 13.8 Å². The zero-order valence-corrected chi connectivity index (χ0v) is 8.43. The molecule has 0 fully saturated rings. The van der Waals surface area contributed by atoms with Crippen molar-refractivity contribution in [3.8, 4) is 0 Å². The quantitative estimate of drug-likeness (QED) is 0.690. The monoisotopic (exact) mass is 230 g/mol. The third-order valence-corrected chi connectivity index (χ3v) is 0.942. The van der Waals surface area contributed by atoms with Crippen molar-refractivity contribution in [3.63, 3.8) is 0 Å². The molecule has 1 N–H and O–H groups in total. The fourth-order valence-electron chi connectivity index (χ4n) is 0.243. The summed E-state index contributed by atoms with van der Waals surface area (Å²) in [4.78, 5) is 0. The Morgan fingerprint density at radius 3 is 1.78 bits per heavy atom. The van der Waals surface area contributed by atoms with Crippen LogP contribution >= 0.6 is 0 Å². The molecule has 0 saturated carbocycles. The standard InChI is InChI=1S/C3H8O4S.Zr/c1-3(2)7-8(4,5)6;/h3H,1-2H3,(H,4,5,6);. The van der Waals surface area contributed by atoms with Gasteiger partial charge in [0, 0.05) is 26.2 Å². The maximum Gasteiger partial charge on any atom is 0.397 e. The second-order valence-corrected chi connectivity index (χ2v) is 2.62. The van der Waals surface area contributed by atoms with Crippen molar-refractivity contribution in [2.24, 2.45) is 0 Å². The first kappa shape index (κ1) is 12.4. The van der Waals surface area contributed by atoms with E-state index in [0.29, 0.717) is 0 Å². The van der Waals surface area contributed by atoms with Gasteiger partial charge in [0.1, 0.15) is 0 Å². The third kappa shape index (κ3) is 12.1. The second-order valence-electron chi connectivity index (χ2n) is 1.57. The normalized spacial score (nSPS) is 11.1. The van der Waals surface area contributed by atoms with Crippen molar-refractivity contribution in [2.45, 2.75) is 20.0 Å². The van der Waals surface area contributed by atoms with E-state index in [4.69, 9.17) is 4.55 Å². The van der Waals surface area contributed by atoms with Gasteiger partial charge in [-0.3, -0.25) is 4.55 Å². The van der Waals surface area contributed by atoms with Crippen molar-refractivity contribution < 1.29 is 43.4 Å². The molecule has 0 aromatic rings. The Morgan fingerprint density at radius 2 is 1.78 bits per heavy atom. The van der Waals surface area contributed by atoms with Gasteiger partial charge in [-0.2, -0.15) is 8.42 Å². The summed E-state index contributed by atoms with van der Waals surface area (Å²) in [6.07, 6.45) is -0.495. The maximum atomic E-state index is 9.78. The first-order valence-electron chi connectivity index (χ1n) is 2.07. The van der Waals surface area contributed by atoms with E-state index < -0.39 is 16.5 Å². The van der Waals surface area contributed by atoms with Crippen molar-refractivity contribution >= 4 is 10.4 Å². The van der Waals surface area contributed by atoms with E-state index in [1.807, 2.05) is 0 Å². The van der Waals surface area contributed by atoms with Gasteiger partial charge in [0.25, 0.3) is 0 Å². The van der Waals surface area contributed by atoms with Crippen LogP contribution in [0.5, 0.6) is 0 Å². The van der Waals surface area contributed by atoms with E-state index in [0.717, 1.165) is 0 Å². The molecule has 0 amide bonds. The molecule has 0 saturated heterocycles. The van der Waals surface area contributed by atoms with Gasteiger partial charge in [-0.15, -0.1) is 0 Å². The van der Waals surface area contributed by atoms with Crippen molar-refractivity contribution in [2.75, 3.05) is 0 Å². The minimum absolute atomic E-state index is 0. The number of hydrogen-bond donors (Lipinski definition) is 1. The molecule has 0 radical (unpaired) electrons. The molecule has 0 spiro atoms. The predicted molar refractivity (Wildman–Crippen MR) is 27.8 cm³/mol. The Labute approximate surface area is 73.7 Å². The zero-order valence-electron chi connectivity index (χ0n) is 5.16. The number of hydrogen-bond acceptors (Lipinski definition) is 3. The van der Waals surface area contributed by atoms with Crippen LogP contribution in [0.1, 0.15) is 13.8 Å². The van der Waals surface area contributed by atoms with Crippen LogP contribution in [-0.4, -0.2) is 19.1 Å². The van der Waals surface area contributed by atoms with Gasteiger partial charge in [-0.05, 0) is 13.8 Å². The Balaban J connectivity index is 0. The summed E-state index contributed by atoms with van der Waals surface area (Å²) in [6, 6.07) is 0. The first-order chi connectivity index (χ1) is 3.42. The average Bonchev–Trinajstić information content (AvgIpc) is 1.21. The summed E-state index contributed by atoms with van der Waals surface area (Å²) in [5.74, 6) is 0. The largest absolute Gasteiger partial charge is 0.397 e. The fraction of sp³-hybridized carbons (Fsp3) is 1.00. The van der Waals surface area contributed by atoms with Gasteiger partial charge in [0.15, 0.2) is 0 Å². The van der Waals surface area contributed by atoms with Gasteiger partial charge in [0.2, 0.25) is 0 Å². The Bertz CT molecular complexity index is 149. The number of rotatable bonds is 2. The zero-order chi connectivity index (χ0) is 6.78. The van der Waals surface area contributed by atoms with Crippen LogP contribution < -0.4 is 0 Å². The average molecular weight is 231 g/mol. The summed E-state index contributed by atoms with van der Waals surface area (Å²) < 4.78 is 31.5. The summed E-state index contributed by atoms with van der Waals surface area (Å²) in [7, 11) is -4.22. The summed E-state index contributed by atoms with van der Waals surface area (Å²) >= 11 is 0. The van der Waals surface area contributed by atoms with Crippen LogP contribution in [0.2, 0.25) is 0 Å². The topological polar surface area (TPSA) is 63.6 Å². The molecule has 4 nitrogen and oxygen atoms in total. The molecular weight excluding hydrogens is 223 g/mol. The van der Waals surface area contributed by atoms with E-state index in [1.54, 1.807) is 0 Å². The summed E-state index contributed by atoms with van der Waals surface area (Å²) in [5.41, 5.74) is 0. The maximum absolute atomic E-state index is 9.78. The smallest absolute Gasteiger partial charge is 0.264 e. The van der Waals surface area contributed by atoms with Gasteiger partial charge in [-0.25, -0.2) is 4.18 Å².